The molecule has 1 unspecified atom stereocenters. The lowest BCUT2D eigenvalue weighted by molar-refractivity contribution is 0.0626. The van der Waals surface area contributed by atoms with Gasteiger partial charge in [-0.2, -0.15) is 0 Å². The molecule has 6 nitrogen and oxygen atoms in total. The van der Waals surface area contributed by atoms with E-state index < -0.39 is 21.4 Å². The summed E-state index contributed by atoms with van der Waals surface area (Å²) >= 11 is 0. The highest BCUT2D eigenvalue weighted by Gasteiger charge is 2.28. The van der Waals surface area contributed by atoms with Crippen molar-refractivity contribution in [2.75, 3.05) is 20.8 Å². The van der Waals surface area contributed by atoms with Crippen LogP contribution in [-0.2, 0) is 15.6 Å². The van der Waals surface area contributed by atoms with Crippen LogP contribution in [0.15, 0.2) is 47.4 Å². The van der Waals surface area contributed by atoms with Gasteiger partial charge in [-0.25, -0.2) is 17.5 Å². The molecule has 1 atom stereocenters. The number of rotatable bonds is 7. The summed E-state index contributed by atoms with van der Waals surface area (Å²) in [4.78, 5) is -0.0780. The van der Waals surface area contributed by atoms with Crippen LogP contribution in [0.2, 0.25) is 0 Å². The van der Waals surface area contributed by atoms with E-state index in [2.05, 4.69) is 4.72 Å². The zero-order valence-corrected chi connectivity index (χ0v) is 14.9. The van der Waals surface area contributed by atoms with Gasteiger partial charge in [0.15, 0.2) is 0 Å². The summed E-state index contributed by atoms with van der Waals surface area (Å²) in [6.45, 7) is 1.14. The number of sulfonamides is 1. The van der Waals surface area contributed by atoms with Crippen molar-refractivity contribution in [1.82, 2.24) is 4.72 Å². The Balaban J connectivity index is 2.22. The minimum atomic E-state index is -3.94. The van der Waals surface area contributed by atoms with Crippen LogP contribution in [0.5, 0.6) is 11.5 Å². The zero-order valence-electron chi connectivity index (χ0n) is 14.1. The highest BCUT2D eigenvalue weighted by molar-refractivity contribution is 7.89. The van der Waals surface area contributed by atoms with Crippen molar-refractivity contribution in [3.63, 3.8) is 0 Å². The van der Waals surface area contributed by atoms with E-state index in [0.29, 0.717) is 11.3 Å². The van der Waals surface area contributed by atoms with Gasteiger partial charge in [-0.05, 0) is 36.8 Å². The molecule has 0 aliphatic carbocycles. The number of halogens is 1. The van der Waals surface area contributed by atoms with E-state index in [0.717, 1.165) is 0 Å². The maximum absolute atomic E-state index is 13.0. The van der Waals surface area contributed by atoms with Crippen molar-refractivity contribution in [2.24, 2.45) is 0 Å². The minimum Gasteiger partial charge on any atom is -0.497 e. The van der Waals surface area contributed by atoms with Crippen LogP contribution in [0, 0.1) is 5.82 Å². The first-order valence-electron chi connectivity index (χ1n) is 7.40. The summed E-state index contributed by atoms with van der Waals surface area (Å²) in [7, 11) is -1.13. The van der Waals surface area contributed by atoms with Crippen molar-refractivity contribution in [2.45, 2.75) is 17.4 Å². The van der Waals surface area contributed by atoms with Crippen molar-refractivity contribution < 1.29 is 27.4 Å². The summed E-state index contributed by atoms with van der Waals surface area (Å²) in [6, 6.07) is 9.50. The molecule has 2 rings (SSSR count). The second kappa shape index (κ2) is 7.38. The second-order valence-corrected chi connectivity index (χ2v) is 7.36. The van der Waals surface area contributed by atoms with E-state index in [1.165, 1.54) is 63.6 Å². The molecule has 8 heteroatoms. The normalized spacial score (nSPS) is 14.0. The predicted molar refractivity (Wildman–Crippen MR) is 90.7 cm³/mol. The van der Waals surface area contributed by atoms with Crippen molar-refractivity contribution >= 4 is 10.0 Å². The Labute approximate surface area is 146 Å². The quantitative estimate of drug-likeness (QED) is 0.780. The van der Waals surface area contributed by atoms with Crippen LogP contribution in [-0.4, -0.2) is 34.3 Å². The molecule has 0 fully saturated rings. The van der Waals surface area contributed by atoms with E-state index in [1.54, 1.807) is 0 Å². The van der Waals surface area contributed by atoms with Gasteiger partial charge in [-0.15, -0.1) is 0 Å². The molecule has 0 heterocycles. The van der Waals surface area contributed by atoms with Gasteiger partial charge < -0.3 is 14.6 Å². The summed E-state index contributed by atoms with van der Waals surface area (Å²) in [5, 5.41) is 10.5. The van der Waals surface area contributed by atoms with Crippen LogP contribution in [0.1, 0.15) is 12.5 Å². The SMILES string of the molecule is COc1ccc(S(=O)(=O)NCC(C)(O)c2ccc(F)cc2)c(OC)c1. The minimum absolute atomic E-state index is 0.0780. The molecule has 0 saturated heterocycles. The first kappa shape index (κ1) is 19.2. The standard InChI is InChI=1S/C17H20FNO5S/c1-17(20,12-4-6-13(18)7-5-12)11-19-25(21,22)16-9-8-14(23-2)10-15(16)24-3/h4-10,19-20H,11H2,1-3H3. The van der Waals surface area contributed by atoms with E-state index >= 15 is 0 Å². The molecule has 136 valence electrons. The second-order valence-electron chi connectivity index (χ2n) is 5.62. The Morgan fingerprint density at radius 2 is 1.76 bits per heavy atom. The van der Waals surface area contributed by atoms with Gasteiger partial charge in [0.05, 0.1) is 14.2 Å². The topological polar surface area (TPSA) is 84.9 Å². The number of benzene rings is 2. The maximum Gasteiger partial charge on any atom is 0.244 e. The molecule has 2 N–H and O–H groups in total. The number of methoxy groups -OCH3 is 2. The van der Waals surface area contributed by atoms with Crippen molar-refractivity contribution in [3.8, 4) is 11.5 Å². The molecule has 0 saturated carbocycles. The lowest BCUT2D eigenvalue weighted by Gasteiger charge is -2.24. The molecule has 0 aliphatic heterocycles. The van der Waals surface area contributed by atoms with Crippen LogP contribution in [0.4, 0.5) is 4.39 Å². The summed E-state index contributed by atoms with van der Waals surface area (Å²) in [6.07, 6.45) is 0. The molecule has 0 aromatic heterocycles. The highest BCUT2D eigenvalue weighted by atomic mass is 32.2. The number of aliphatic hydroxyl groups is 1. The molecule has 2 aromatic carbocycles. The monoisotopic (exact) mass is 369 g/mol. The molecule has 0 radical (unpaired) electrons. The third-order valence-corrected chi connectivity index (χ3v) is 5.17. The van der Waals surface area contributed by atoms with Gasteiger partial charge >= 0.3 is 0 Å². The fourth-order valence-corrected chi connectivity index (χ4v) is 3.50. The third kappa shape index (κ3) is 4.47. The largest absolute Gasteiger partial charge is 0.497 e. The third-order valence-electron chi connectivity index (χ3n) is 3.73. The zero-order chi connectivity index (χ0) is 18.7. The fourth-order valence-electron chi connectivity index (χ4n) is 2.22. The number of nitrogens with one attached hydrogen (secondary N) is 1. The molecule has 0 amide bonds. The lowest BCUT2D eigenvalue weighted by atomic mass is 9.96. The van der Waals surface area contributed by atoms with Crippen LogP contribution in [0.3, 0.4) is 0 Å². The average Bonchev–Trinajstić information content (AvgIpc) is 2.60. The molecular formula is C17H20FNO5S. The Kier molecular flexibility index (Phi) is 5.66. The first-order valence-corrected chi connectivity index (χ1v) is 8.88. The smallest absolute Gasteiger partial charge is 0.244 e. The van der Waals surface area contributed by atoms with E-state index in [1.807, 2.05) is 0 Å². The molecule has 2 aromatic rings. The van der Waals surface area contributed by atoms with Gasteiger partial charge in [0, 0.05) is 12.6 Å². The molecule has 0 aliphatic rings. The molecular weight excluding hydrogens is 349 g/mol. The van der Waals surface area contributed by atoms with E-state index in [-0.39, 0.29) is 17.2 Å². The Morgan fingerprint density at radius 3 is 2.32 bits per heavy atom. The first-order chi connectivity index (χ1) is 11.7. The van der Waals surface area contributed by atoms with Gasteiger partial charge in [0.1, 0.15) is 27.8 Å². The van der Waals surface area contributed by atoms with Gasteiger partial charge in [0.25, 0.3) is 0 Å². The average molecular weight is 369 g/mol. The van der Waals surface area contributed by atoms with E-state index in [9.17, 15) is 17.9 Å². The van der Waals surface area contributed by atoms with E-state index in [4.69, 9.17) is 9.47 Å². The number of ether oxygens (including phenoxy) is 2. The Hall–Kier alpha value is -2.16. The van der Waals surface area contributed by atoms with Crippen LogP contribution < -0.4 is 14.2 Å². The fraction of sp³-hybridized carbons (Fsp3) is 0.294. The maximum atomic E-state index is 13.0. The highest BCUT2D eigenvalue weighted by Crippen LogP contribution is 2.29. The summed E-state index contributed by atoms with van der Waals surface area (Å²) in [5.74, 6) is 0.130. The molecule has 0 bridgehead atoms. The lowest BCUT2D eigenvalue weighted by Crippen LogP contribution is -2.38. The van der Waals surface area contributed by atoms with Gasteiger partial charge in [-0.3, -0.25) is 0 Å². The van der Waals surface area contributed by atoms with Gasteiger partial charge in [-0.1, -0.05) is 12.1 Å². The van der Waals surface area contributed by atoms with Crippen LogP contribution in [0.25, 0.3) is 0 Å². The van der Waals surface area contributed by atoms with Crippen LogP contribution >= 0.6 is 0 Å². The predicted octanol–water partition coefficient (Wildman–Crippen LogP) is 2.03. The van der Waals surface area contributed by atoms with Gasteiger partial charge in [0.2, 0.25) is 10.0 Å². The van der Waals surface area contributed by atoms with Crippen molar-refractivity contribution in [3.05, 3.63) is 53.8 Å². The number of hydrogen-bond donors (Lipinski definition) is 2. The Morgan fingerprint density at radius 1 is 1.12 bits per heavy atom. The number of hydrogen-bond acceptors (Lipinski definition) is 5. The molecule has 0 spiro atoms. The Bertz CT molecular complexity index is 835. The summed E-state index contributed by atoms with van der Waals surface area (Å²) < 4.78 is 50.6. The molecule has 25 heavy (non-hydrogen) atoms. The van der Waals surface area contributed by atoms with Crippen molar-refractivity contribution in [1.29, 1.82) is 0 Å². The summed E-state index contributed by atoms with van der Waals surface area (Å²) in [5.41, 5.74) is -1.13.